The molecule has 0 bridgehead atoms. The van der Waals surface area contributed by atoms with Crippen molar-refractivity contribution >= 4 is 23.5 Å². The summed E-state index contributed by atoms with van der Waals surface area (Å²) in [7, 11) is 1.94. The first-order chi connectivity index (χ1) is 14.6. The van der Waals surface area contributed by atoms with Gasteiger partial charge < -0.3 is 14.5 Å². The highest BCUT2D eigenvalue weighted by molar-refractivity contribution is 6.07. The van der Waals surface area contributed by atoms with Crippen molar-refractivity contribution in [1.29, 1.82) is 0 Å². The van der Waals surface area contributed by atoms with Crippen molar-refractivity contribution in [2.45, 2.75) is 76.9 Å². The Morgan fingerprint density at radius 2 is 2.10 bits per heavy atom. The van der Waals surface area contributed by atoms with E-state index in [1.54, 1.807) is 0 Å². The predicted octanol–water partition coefficient (Wildman–Crippen LogP) is 3.35. The lowest BCUT2D eigenvalue weighted by Gasteiger charge is -2.31. The van der Waals surface area contributed by atoms with Crippen LogP contribution in [0.5, 0.6) is 5.75 Å². The summed E-state index contributed by atoms with van der Waals surface area (Å²) in [6.45, 7) is 3.17. The van der Waals surface area contributed by atoms with Gasteiger partial charge in [-0.1, -0.05) is 26.2 Å². The maximum Gasteiger partial charge on any atom is 0.249 e. The normalized spacial score (nSPS) is 20.9. The molecule has 1 aromatic carbocycles. The lowest BCUT2D eigenvalue weighted by molar-refractivity contribution is -0.132. The molecule has 2 fully saturated rings. The molecule has 1 aromatic rings. The van der Waals surface area contributed by atoms with Crippen LogP contribution >= 0.6 is 0 Å². The Balaban J connectivity index is 1.27. The molecule has 0 unspecified atom stereocenters. The fourth-order valence-corrected chi connectivity index (χ4v) is 4.68. The van der Waals surface area contributed by atoms with Crippen LogP contribution in [0, 0.1) is 0 Å². The Bertz CT molecular complexity index is 832. The van der Waals surface area contributed by atoms with Crippen molar-refractivity contribution in [2.75, 3.05) is 13.7 Å². The van der Waals surface area contributed by atoms with Gasteiger partial charge in [-0.2, -0.15) is 0 Å². The molecule has 1 N–H and O–H groups in total. The third-order valence-corrected chi connectivity index (χ3v) is 6.51. The third-order valence-electron chi connectivity index (χ3n) is 6.51. The van der Waals surface area contributed by atoms with Gasteiger partial charge in [0.05, 0.1) is 12.3 Å². The first-order valence-electron chi connectivity index (χ1n) is 11.2. The topological polar surface area (TPSA) is 74.2 Å². The van der Waals surface area contributed by atoms with Crippen LogP contribution in [0.3, 0.4) is 0 Å². The van der Waals surface area contributed by atoms with E-state index in [0.29, 0.717) is 38.0 Å². The molecule has 0 spiro atoms. The minimum absolute atomic E-state index is 0.0170. The molecule has 2 amide bonds. The number of guanidine groups is 1. The fraction of sp³-hybridized carbons (Fsp3) is 0.609. The Kier molecular flexibility index (Phi) is 6.25. The number of amides is 2. The van der Waals surface area contributed by atoms with Crippen LogP contribution in [-0.4, -0.2) is 53.3 Å². The van der Waals surface area contributed by atoms with Crippen LogP contribution in [0.4, 0.5) is 5.69 Å². The van der Waals surface area contributed by atoms with Gasteiger partial charge in [0.1, 0.15) is 11.8 Å². The van der Waals surface area contributed by atoms with Gasteiger partial charge in [0.25, 0.3) is 0 Å². The molecule has 1 aliphatic carbocycles. The zero-order chi connectivity index (χ0) is 21.1. The van der Waals surface area contributed by atoms with E-state index in [1.807, 2.05) is 42.0 Å². The van der Waals surface area contributed by atoms with Crippen LogP contribution in [0.1, 0.15) is 63.9 Å². The predicted molar refractivity (Wildman–Crippen MR) is 116 cm³/mol. The average Bonchev–Trinajstić information content (AvgIpc) is 3.08. The molecule has 0 radical (unpaired) electrons. The maximum absolute atomic E-state index is 12.5. The molecule has 1 atom stereocenters. The molecule has 1 saturated heterocycles. The lowest BCUT2D eigenvalue weighted by Crippen LogP contribution is -2.38. The lowest BCUT2D eigenvalue weighted by atomic mass is 9.94. The second-order valence-corrected chi connectivity index (χ2v) is 8.52. The highest BCUT2D eigenvalue weighted by Gasteiger charge is 2.37. The Morgan fingerprint density at radius 1 is 1.30 bits per heavy atom. The number of aliphatic imine (C=N–C) groups is 1. The largest absolute Gasteiger partial charge is 0.494 e. The van der Waals surface area contributed by atoms with E-state index in [1.165, 1.54) is 19.3 Å². The zero-order valence-electron chi connectivity index (χ0n) is 18.0. The van der Waals surface area contributed by atoms with Crippen LogP contribution in [0.25, 0.3) is 0 Å². The van der Waals surface area contributed by atoms with Crippen molar-refractivity contribution in [3.63, 3.8) is 0 Å². The number of nitrogens with zero attached hydrogens (tertiary/aromatic N) is 3. The molecule has 7 heteroatoms. The molecule has 0 aromatic heterocycles. The molecule has 162 valence electrons. The summed E-state index contributed by atoms with van der Waals surface area (Å²) >= 11 is 0. The number of nitrogens with one attached hydrogen (secondary N) is 1. The molecule has 2 aliphatic heterocycles. The van der Waals surface area contributed by atoms with Crippen LogP contribution in [-0.2, 0) is 16.1 Å². The first-order valence-corrected chi connectivity index (χ1v) is 11.2. The summed E-state index contributed by atoms with van der Waals surface area (Å²) in [6.07, 6.45) is 8.00. The number of benzene rings is 1. The number of hydrogen-bond acceptors (Lipinski definition) is 5. The van der Waals surface area contributed by atoms with E-state index in [2.05, 4.69) is 10.3 Å². The van der Waals surface area contributed by atoms with Crippen LogP contribution in [0.15, 0.2) is 23.2 Å². The molecule has 1 saturated carbocycles. The van der Waals surface area contributed by atoms with Gasteiger partial charge in [-0.3, -0.25) is 14.9 Å². The van der Waals surface area contributed by atoms with Gasteiger partial charge in [0.15, 0.2) is 0 Å². The van der Waals surface area contributed by atoms with Crippen molar-refractivity contribution in [3.05, 3.63) is 23.8 Å². The minimum atomic E-state index is -0.159. The van der Waals surface area contributed by atoms with Crippen LogP contribution < -0.4 is 10.1 Å². The van der Waals surface area contributed by atoms with E-state index in [4.69, 9.17) is 4.74 Å². The summed E-state index contributed by atoms with van der Waals surface area (Å²) in [5.74, 6) is 1.67. The second-order valence-electron chi connectivity index (χ2n) is 8.52. The Hall–Kier alpha value is -2.57. The van der Waals surface area contributed by atoms with Crippen LogP contribution in [0.2, 0.25) is 0 Å². The number of rotatable bonds is 7. The molecular formula is C23H32N4O3. The van der Waals surface area contributed by atoms with Crippen molar-refractivity contribution in [2.24, 2.45) is 4.99 Å². The van der Waals surface area contributed by atoms with E-state index in [-0.39, 0.29) is 17.9 Å². The molecular weight excluding hydrogens is 380 g/mol. The smallest absolute Gasteiger partial charge is 0.249 e. The number of ether oxygens (including phenoxy) is 1. The van der Waals surface area contributed by atoms with Gasteiger partial charge in [0, 0.05) is 31.6 Å². The van der Waals surface area contributed by atoms with Gasteiger partial charge >= 0.3 is 0 Å². The SMILES string of the molecule is CC[C@@H]1C(=O)NC2=Nc3ccc(OCCCC(=O)N(C)C4CCCCC4)cc3CN21. The highest BCUT2D eigenvalue weighted by atomic mass is 16.5. The van der Waals surface area contributed by atoms with E-state index in [0.717, 1.165) is 36.3 Å². The number of fused-ring (bicyclic) bond motifs is 2. The van der Waals surface area contributed by atoms with Gasteiger partial charge in [-0.25, -0.2) is 4.99 Å². The number of carbonyl (C=O) groups is 2. The van der Waals surface area contributed by atoms with E-state index < -0.39 is 0 Å². The quantitative estimate of drug-likeness (QED) is 0.697. The van der Waals surface area contributed by atoms with Crippen molar-refractivity contribution in [1.82, 2.24) is 15.1 Å². The summed E-state index contributed by atoms with van der Waals surface area (Å²) < 4.78 is 5.91. The van der Waals surface area contributed by atoms with Gasteiger partial charge in [-0.15, -0.1) is 0 Å². The average molecular weight is 413 g/mol. The van der Waals surface area contributed by atoms with E-state index in [9.17, 15) is 9.59 Å². The second kappa shape index (κ2) is 9.06. The monoisotopic (exact) mass is 412 g/mol. The third kappa shape index (κ3) is 4.30. The number of carbonyl (C=O) groups excluding carboxylic acids is 2. The Morgan fingerprint density at radius 3 is 2.87 bits per heavy atom. The summed E-state index contributed by atoms with van der Waals surface area (Å²) in [5.41, 5.74) is 1.93. The van der Waals surface area contributed by atoms with Gasteiger partial charge in [-0.05, 0) is 43.9 Å². The first kappa shape index (κ1) is 20.7. The highest BCUT2D eigenvalue weighted by Crippen LogP contribution is 2.32. The fourth-order valence-electron chi connectivity index (χ4n) is 4.68. The van der Waals surface area contributed by atoms with Crippen molar-refractivity contribution < 1.29 is 14.3 Å². The molecule has 30 heavy (non-hydrogen) atoms. The molecule has 7 nitrogen and oxygen atoms in total. The van der Waals surface area contributed by atoms with E-state index >= 15 is 0 Å². The summed E-state index contributed by atoms with van der Waals surface area (Å²) in [5, 5.41) is 2.87. The Labute approximate surface area is 178 Å². The number of hydrogen-bond donors (Lipinski definition) is 1. The standard InChI is InChI=1S/C23H32N4O3/c1-3-20-22(29)25-23-24-19-12-11-18(14-16(19)15-27(20)23)30-13-7-10-21(28)26(2)17-8-5-4-6-9-17/h11-12,14,17,20H,3-10,13,15H2,1-2H3,(H,24,25,29)/t20-/m1/s1. The van der Waals surface area contributed by atoms with Gasteiger partial charge in [0.2, 0.25) is 17.8 Å². The zero-order valence-corrected chi connectivity index (χ0v) is 18.0. The summed E-state index contributed by atoms with van der Waals surface area (Å²) in [6, 6.07) is 6.09. The maximum atomic E-state index is 12.5. The minimum Gasteiger partial charge on any atom is -0.494 e. The molecule has 4 rings (SSSR count). The molecule has 2 heterocycles. The summed E-state index contributed by atoms with van der Waals surface area (Å²) in [4.78, 5) is 33.1. The van der Waals surface area contributed by atoms with Crippen molar-refractivity contribution in [3.8, 4) is 5.75 Å². The molecule has 3 aliphatic rings.